The van der Waals surface area contributed by atoms with Gasteiger partial charge in [-0.25, -0.2) is 4.98 Å². The number of thiazole rings is 1. The molecule has 0 aliphatic heterocycles. The molecule has 0 unspecified atom stereocenters. The predicted molar refractivity (Wildman–Crippen MR) is 70.4 cm³/mol. The molecule has 6 heteroatoms. The van der Waals surface area contributed by atoms with Crippen molar-refractivity contribution in [1.29, 1.82) is 0 Å². The largest absolute Gasteiger partial charge is 0.340 e. The van der Waals surface area contributed by atoms with E-state index in [1.165, 1.54) is 4.88 Å². The fourth-order valence-electron chi connectivity index (χ4n) is 1.45. The van der Waals surface area contributed by atoms with Gasteiger partial charge in [0.15, 0.2) is 5.82 Å². The van der Waals surface area contributed by atoms with Crippen LogP contribution in [0, 0.1) is 6.92 Å². The van der Waals surface area contributed by atoms with Gasteiger partial charge in [-0.3, -0.25) is 0 Å². The molecule has 5 nitrogen and oxygen atoms in total. The third-order valence-electron chi connectivity index (χ3n) is 2.35. The summed E-state index contributed by atoms with van der Waals surface area (Å²) in [6.07, 6.45) is 1.93. The molecule has 0 fully saturated rings. The van der Waals surface area contributed by atoms with Crippen LogP contribution in [0.15, 0.2) is 10.7 Å². The Morgan fingerprint density at radius 2 is 2.11 bits per heavy atom. The van der Waals surface area contributed by atoms with E-state index in [4.69, 9.17) is 4.52 Å². The Balaban J connectivity index is 1.85. The van der Waals surface area contributed by atoms with E-state index in [1.807, 2.05) is 6.20 Å². The molecule has 98 valence electrons. The third kappa shape index (κ3) is 3.36. The first kappa shape index (κ1) is 13.2. The van der Waals surface area contributed by atoms with Crippen LogP contribution in [0.25, 0.3) is 0 Å². The molecule has 1 N–H and O–H groups in total. The SMILES string of the molecule is Cc1nc(CNCc2cnc(C(C)(C)C)s2)no1. The fourth-order valence-corrected chi connectivity index (χ4v) is 2.39. The number of hydrogen-bond acceptors (Lipinski definition) is 6. The zero-order valence-corrected chi connectivity index (χ0v) is 12.0. The Kier molecular flexibility index (Phi) is 3.77. The molecule has 0 amide bonds. The second-order valence-corrected chi connectivity index (χ2v) is 6.33. The lowest BCUT2D eigenvalue weighted by Gasteiger charge is -2.13. The summed E-state index contributed by atoms with van der Waals surface area (Å²) in [7, 11) is 0. The molecule has 0 saturated heterocycles. The van der Waals surface area contributed by atoms with Crippen LogP contribution in [-0.4, -0.2) is 15.1 Å². The minimum Gasteiger partial charge on any atom is -0.340 e. The van der Waals surface area contributed by atoms with Crippen molar-refractivity contribution in [3.8, 4) is 0 Å². The minimum absolute atomic E-state index is 0.119. The highest BCUT2D eigenvalue weighted by Gasteiger charge is 2.17. The van der Waals surface area contributed by atoms with Gasteiger partial charge in [0.05, 0.1) is 11.6 Å². The first-order valence-electron chi connectivity index (χ1n) is 5.90. The molecule has 2 heterocycles. The molecular formula is C12H18N4OS. The lowest BCUT2D eigenvalue weighted by Crippen LogP contribution is -2.13. The highest BCUT2D eigenvalue weighted by Crippen LogP contribution is 2.26. The van der Waals surface area contributed by atoms with E-state index in [9.17, 15) is 0 Å². The molecular weight excluding hydrogens is 248 g/mol. The average Bonchev–Trinajstić information content (AvgIpc) is 2.87. The Morgan fingerprint density at radius 3 is 2.67 bits per heavy atom. The van der Waals surface area contributed by atoms with Gasteiger partial charge in [-0.1, -0.05) is 25.9 Å². The summed E-state index contributed by atoms with van der Waals surface area (Å²) in [5, 5.41) is 8.27. The third-order valence-corrected chi connectivity index (χ3v) is 3.77. The summed E-state index contributed by atoms with van der Waals surface area (Å²) < 4.78 is 4.91. The quantitative estimate of drug-likeness (QED) is 0.920. The van der Waals surface area contributed by atoms with Crippen molar-refractivity contribution in [3.63, 3.8) is 0 Å². The highest BCUT2D eigenvalue weighted by atomic mass is 32.1. The normalized spacial score (nSPS) is 12.0. The molecule has 0 saturated carbocycles. The maximum absolute atomic E-state index is 4.91. The predicted octanol–water partition coefficient (Wildman–Crippen LogP) is 2.42. The molecule has 2 rings (SSSR count). The van der Waals surface area contributed by atoms with E-state index in [2.05, 4.69) is 41.2 Å². The van der Waals surface area contributed by atoms with Crippen LogP contribution in [0.3, 0.4) is 0 Å². The van der Waals surface area contributed by atoms with Crippen molar-refractivity contribution in [2.24, 2.45) is 0 Å². The number of rotatable bonds is 4. The van der Waals surface area contributed by atoms with E-state index < -0.39 is 0 Å². The monoisotopic (exact) mass is 266 g/mol. The summed E-state index contributed by atoms with van der Waals surface area (Å²) >= 11 is 1.74. The summed E-state index contributed by atoms with van der Waals surface area (Å²) in [5.74, 6) is 1.28. The van der Waals surface area contributed by atoms with Crippen molar-refractivity contribution in [1.82, 2.24) is 20.4 Å². The number of aryl methyl sites for hydroxylation is 1. The molecule has 0 aliphatic rings. The Hall–Kier alpha value is -1.27. The van der Waals surface area contributed by atoms with E-state index in [-0.39, 0.29) is 5.41 Å². The van der Waals surface area contributed by atoms with Gasteiger partial charge in [0, 0.05) is 30.0 Å². The van der Waals surface area contributed by atoms with E-state index in [0.29, 0.717) is 18.3 Å². The smallest absolute Gasteiger partial charge is 0.223 e. The van der Waals surface area contributed by atoms with Crippen molar-refractivity contribution >= 4 is 11.3 Å². The summed E-state index contributed by atoms with van der Waals surface area (Å²) in [5.41, 5.74) is 0.119. The molecule has 2 aromatic rings. The first-order chi connectivity index (χ1) is 8.45. The average molecular weight is 266 g/mol. The van der Waals surface area contributed by atoms with Gasteiger partial charge in [-0.2, -0.15) is 4.98 Å². The van der Waals surface area contributed by atoms with E-state index in [0.717, 1.165) is 11.6 Å². The maximum Gasteiger partial charge on any atom is 0.223 e. The van der Waals surface area contributed by atoms with Crippen LogP contribution in [0.5, 0.6) is 0 Å². The second-order valence-electron chi connectivity index (χ2n) is 5.21. The van der Waals surface area contributed by atoms with E-state index in [1.54, 1.807) is 18.3 Å². The summed E-state index contributed by atoms with van der Waals surface area (Å²) in [6, 6.07) is 0. The van der Waals surface area contributed by atoms with Gasteiger partial charge in [0.1, 0.15) is 0 Å². The Morgan fingerprint density at radius 1 is 1.33 bits per heavy atom. The van der Waals surface area contributed by atoms with Crippen molar-refractivity contribution in [3.05, 3.63) is 27.8 Å². The maximum atomic E-state index is 4.91. The lowest BCUT2D eigenvalue weighted by molar-refractivity contribution is 0.385. The Bertz CT molecular complexity index is 512. The minimum atomic E-state index is 0.119. The van der Waals surface area contributed by atoms with Crippen LogP contribution in [0.2, 0.25) is 0 Å². The van der Waals surface area contributed by atoms with Gasteiger partial charge in [-0.15, -0.1) is 11.3 Å². The molecule has 0 aromatic carbocycles. The molecule has 0 bridgehead atoms. The van der Waals surface area contributed by atoms with Gasteiger partial charge < -0.3 is 9.84 Å². The summed E-state index contributed by atoms with van der Waals surface area (Å²) in [6.45, 7) is 9.69. The van der Waals surface area contributed by atoms with Crippen LogP contribution in [0.1, 0.15) is 42.4 Å². The van der Waals surface area contributed by atoms with Gasteiger partial charge >= 0.3 is 0 Å². The molecule has 2 aromatic heterocycles. The zero-order chi connectivity index (χ0) is 13.2. The van der Waals surface area contributed by atoms with E-state index >= 15 is 0 Å². The lowest BCUT2D eigenvalue weighted by atomic mass is 9.98. The standard InChI is InChI=1S/C12H18N4OS/c1-8-15-10(16-17-8)7-13-5-9-6-14-11(18-9)12(2,3)4/h6,13H,5,7H2,1-4H3. The number of aromatic nitrogens is 3. The Labute approximate surface area is 111 Å². The molecule has 0 radical (unpaired) electrons. The van der Waals surface area contributed by atoms with Crippen LogP contribution >= 0.6 is 11.3 Å². The van der Waals surface area contributed by atoms with Crippen molar-refractivity contribution < 1.29 is 4.52 Å². The van der Waals surface area contributed by atoms with Crippen LogP contribution in [0.4, 0.5) is 0 Å². The number of nitrogens with one attached hydrogen (secondary N) is 1. The van der Waals surface area contributed by atoms with Gasteiger partial charge in [-0.05, 0) is 0 Å². The highest BCUT2D eigenvalue weighted by molar-refractivity contribution is 7.11. The molecule has 0 spiro atoms. The topological polar surface area (TPSA) is 63.8 Å². The zero-order valence-electron chi connectivity index (χ0n) is 11.1. The number of hydrogen-bond donors (Lipinski definition) is 1. The van der Waals surface area contributed by atoms with Crippen LogP contribution in [-0.2, 0) is 18.5 Å². The van der Waals surface area contributed by atoms with Crippen LogP contribution < -0.4 is 5.32 Å². The molecule has 18 heavy (non-hydrogen) atoms. The molecule has 0 aliphatic carbocycles. The van der Waals surface area contributed by atoms with Crippen molar-refractivity contribution in [2.45, 2.75) is 46.2 Å². The van der Waals surface area contributed by atoms with Gasteiger partial charge in [0.2, 0.25) is 5.89 Å². The molecule has 0 atom stereocenters. The number of nitrogens with zero attached hydrogens (tertiary/aromatic N) is 3. The first-order valence-corrected chi connectivity index (χ1v) is 6.72. The second kappa shape index (κ2) is 5.16. The van der Waals surface area contributed by atoms with Crippen molar-refractivity contribution in [2.75, 3.05) is 0 Å². The fraction of sp³-hybridized carbons (Fsp3) is 0.583. The summed E-state index contributed by atoms with van der Waals surface area (Å²) in [4.78, 5) is 9.80. The van der Waals surface area contributed by atoms with Gasteiger partial charge in [0.25, 0.3) is 0 Å².